The predicted molar refractivity (Wildman–Crippen MR) is 228 cm³/mol. The van der Waals surface area contributed by atoms with Gasteiger partial charge in [-0.25, -0.2) is 4.98 Å². The van der Waals surface area contributed by atoms with Crippen LogP contribution >= 0.6 is 11.3 Å². The summed E-state index contributed by atoms with van der Waals surface area (Å²) in [6.07, 6.45) is 0. The van der Waals surface area contributed by atoms with Crippen molar-refractivity contribution in [3.8, 4) is 39.9 Å². The smallest absolute Gasteiger partial charge is 0.238 e. The highest BCUT2D eigenvalue weighted by Crippen LogP contribution is 2.45. The van der Waals surface area contributed by atoms with Crippen LogP contribution in [0.4, 0.5) is 0 Å². The lowest BCUT2D eigenvalue weighted by molar-refractivity contribution is 0.669. The number of thiophene rings is 1. The van der Waals surface area contributed by atoms with E-state index in [-0.39, 0.29) is 0 Å². The van der Waals surface area contributed by atoms with E-state index in [1.807, 2.05) is 47.7 Å². The van der Waals surface area contributed by atoms with E-state index in [0.29, 0.717) is 17.6 Å². The molecule has 12 aromatic rings. The minimum Gasteiger partial charge on any atom is -0.456 e. The van der Waals surface area contributed by atoms with E-state index >= 15 is 0 Å². The van der Waals surface area contributed by atoms with Crippen LogP contribution in [0.25, 0.3) is 115 Å². The molecule has 0 unspecified atom stereocenters. The summed E-state index contributed by atoms with van der Waals surface area (Å²) in [4.78, 5) is 15.8. The molecule has 55 heavy (non-hydrogen) atoms. The topological polar surface area (TPSA) is 56.7 Å². The van der Waals surface area contributed by atoms with E-state index in [1.54, 1.807) is 0 Å². The van der Waals surface area contributed by atoms with Crippen molar-refractivity contribution in [2.24, 2.45) is 0 Å². The van der Waals surface area contributed by atoms with Gasteiger partial charge in [0.15, 0.2) is 11.6 Å². The maximum absolute atomic E-state index is 6.34. The maximum atomic E-state index is 6.34. The van der Waals surface area contributed by atoms with E-state index in [2.05, 4.69) is 138 Å². The Morgan fingerprint density at radius 3 is 1.96 bits per heavy atom. The summed E-state index contributed by atoms with van der Waals surface area (Å²) in [5.41, 5.74) is 7.85. The predicted octanol–water partition coefficient (Wildman–Crippen LogP) is 13.4. The van der Waals surface area contributed by atoms with Gasteiger partial charge >= 0.3 is 0 Å². The molecule has 4 aromatic heterocycles. The number of para-hydroxylation sites is 2. The summed E-state index contributed by atoms with van der Waals surface area (Å²) in [7, 11) is 0. The first-order valence-electron chi connectivity index (χ1n) is 18.4. The zero-order valence-electron chi connectivity index (χ0n) is 29.3. The van der Waals surface area contributed by atoms with Gasteiger partial charge in [0, 0.05) is 69.4 Å². The van der Waals surface area contributed by atoms with Crippen LogP contribution in [0.5, 0.6) is 0 Å². The first kappa shape index (κ1) is 30.3. The van der Waals surface area contributed by atoms with Crippen molar-refractivity contribution < 1.29 is 4.42 Å². The Morgan fingerprint density at radius 1 is 0.418 bits per heavy atom. The number of rotatable bonds is 4. The van der Waals surface area contributed by atoms with Gasteiger partial charge in [0.25, 0.3) is 0 Å². The Balaban J connectivity index is 1.21. The molecule has 0 aliphatic heterocycles. The Morgan fingerprint density at radius 2 is 1.07 bits per heavy atom. The molecule has 0 radical (unpaired) electrons. The molecule has 8 aromatic carbocycles. The average molecular weight is 721 g/mol. The van der Waals surface area contributed by atoms with Crippen LogP contribution < -0.4 is 0 Å². The third-order valence-corrected chi connectivity index (χ3v) is 12.1. The van der Waals surface area contributed by atoms with Crippen LogP contribution in [0.1, 0.15) is 0 Å². The second kappa shape index (κ2) is 11.7. The number of fused-ring (bicyclic) bond motifs is 11. The zero-order valence-corrected chi connectivity index (χ0v) is 30.1. The highest BCUT2D eigenvalue weighted by molar-refractivity contribution is 7.26. The summed E-state index contributed by atoms with van der Waals surface area (Å²) < 4.78 is 11.2. The highest BCUT2D eigenvalue weighted by atomic mass is 32.1. The molecule has 0 N–H and O–H groups in total. The van der Waals surface area contributed by atoms with Gasteiger partial charge in [-0.15, -0.1) is 11.3 Å². The van der Waals surface area contributed by atoms with Gasteiger partial charge < -0.3 is 4.42 Å². The number of furan rings is 1. The van der Waals surface area contributed by atoms with Crippen molar-refractivity contribution in [2.45, 2.75) is 0 Å². The molecule has 6 heteroatoms. The number of hydrogen-bond acceptors (Lipinski definition) is 5. The van der Waals surface area contributed by atoms with E-state index in [0.717, 1.165) is 71.2 Å². The minimum atomic E-state index is 0.556. The SMILES string of the molecule is c1ccc(-c2nc(-c3ccc4c(c3)oc3ccccc34)nc(-n3c4c(-c5cccc6c5sc5ccccc56)cccc4c4ccc5ccccc5c43)n2)cc1. The lowest BCUT2D eigenvalue weighted by Crippen LogP contribution is -2.07. The first-order valence-corrected chi connectivity index (χ1v) is 19.2. The molecule has 0 saturated carbocycles. The molecule has 12 rings (SSSR count). The van der Waals surface area contributed by atoms with E-state index in [9.17, 15) is 0 Å². The fraction of sp³-hybridized carbons (Fsp3) is 0. The van der Waals surface area contributed by atoms with Crippen molar-refractivity contribution in [2.75, 3.05) is 0 Å². The van der Waals surface area contributed by atoms with Crippen molar-refractivity contribution in [1.82, 2.24) is 19.5 Å². The quantitative estimate of drug-likeness (QED) is 0.182. The van der Waals surface area contributed by atoms with Crippen molar-refractivity contribution >= 4 is 86.0 Å². The van der Waals surface area contributed by atoms with Crippen molar-refractivity contribution in [3.05, 3.63) is 170 Å². The van der Waals surface area contributed by atoms with Gasteiger partial charge in [-0.2, -0.15) is 9.97 Å². The second-order valence-corrected chi connectivity index (χ2v) is 15.0. The molecular formula is C49H28N4OS. The first-order chi connectivity index (χ1) is 27.3. The fourth-order valence-corrected chi connectivity index (χ4v) is 9.61. The van der Waals surface area contributed by atoms with Gasteiger partial charge in [0.2, 0.25) is 5.95 Å². The maximum Gasteiger partial charge on any atom is 0.238 e. The Bertz CT molecular complexity index is 3500. The largest absolute Gasteiger partial charge is 0.456 e. The molecule has 0 fully saturated rings. The minimum absolute atomic E-state index is 0.556. The van der Waals surface area contributed by atoms with Crippen LogP contribution in [0.15, 0.2) is 174 Å². The lowest BCUT2D eigenvalue weighted by Gasteiger charge is -2.14. The molecule has 0 atom stereocenters. The average Bonchev–Trinajstić information content (AvgIpc) is 3.93. The van der Waals surface area contributed by atoms with Gasteiger partial charge in [0.1, 0.15) is 11.2 Å². The summed E-state index contributed by atoms with van der Waals surface area (Å²) in [5, 5.41) is 9.26. The molecule has 0 aliphatic rings. The number of benzene rings is 8. The summed E-state index contributed by atoms with van der Waals surface area (Å²) in [6, 6.07) is 59.6. The summed E-state index contributed by atoms with van der Waals surface area (Å²) in [6.45, 7) is 0. The Labute approximate surface area is 318 Å². The highest BCUT2D eigenvalue weighted by Gasteiger charge is 2.23. The molecule has 5 nitrogen and oxygen atoms in total. The van der Waals surface area contributed by atoms with Crippen LogP contribution in [0.3, 0.4) is 0 Å². The molecule has 0 spiro atoms. The Hall–Kier alpha value is -7.15. The molecule has 4 heterocycles. The van der Waals surface area contributed by atoms with Gasteiger partial charge in [-0.3, -0.25) is 4.57 Å². The monoisotopic (exact) mass is 720 g/mol. The van der Waals surface area contributed by atoms with Crippen molar-refractivity contribution in [3.63, 3.8) is 0 Å². The van der Waals surface area contributed by atoms with Crippen LogP contribution in [0.2, 0.25) is 0 Å². The van der Waals surface area contributed by atoms with Crippen molar-refractivity contribution in [1.29, 1.82) is 0 Å². The van der Waals surface area contributed by atoms with Gasteiger partial charge in [0.05, 0.1) is 11.0 Å². The van der Waals surface area contributed by atoms with E-state index < -0.39 is 0 Å². The molecule has 0 amide bonds. The summed E-state index contributed by atoms with van der Waals surface area (Å²) >= 11 is 1.85. The normalized spacial score (nSPS) is 12.0. The number of nitrogens with zero attached hydrogens (tertiary/aromatic N) is 4. The van der Waals surface area contributed by atoms with E-state index in [4.69, 9.17) is 19.4 Å². The fourth-order valence-electron chi connectivity index (χ4n) is 8.38. The van der Waals surface area contributed by atoms with Crippen LogP contribution in [0, 0.1) is 0 Å². The molecule has 0 bridgehead atoms. The van der Waals surface area contributed by atoms with Crippen LogP contribution in [-0.4, -0.2) is 19.5 Å². The Kier molecular flexibility index (Phi) is 6.44. The molecule has 0 aliphatic carbocycles. The second-order valence-electron chi connectivity index (χ2n) is 14.0. The number of hydrogen-bond donors (Lipinski definition) is 0. The standard InChI is InChI=1S/C49H28N4OS/c1-2-13-30(14-3-1)47-50-48(31-25-26-34-33-16-6-8-22-41(33)54-42(34)28-31)52-49(51-47)53-44-32-15-5-4-12-29(32)24-27-38(44)36-18-10-19-37(45(36)53)40-21-11-20-39-35-17-7-9-23-43(35)55-46(39)40/h1-28H. The molecular weight excluding hydrogens is 693 g/mol. The summed E-state index contributed by atoms with van der Waals surface area (Å²) in [5.74, 6) is 1.73. The number of aromatic nitrogens is 4. The molecule has 0 saturated heterocycles. The van der Waals surface area contributed by atoms with Crippen LogP contribution in [-0.2, 0) is 0 Å². The van der Waals surface area contributed by atoms with Gasteiger partial charge in [-0.05, 0) is 29.7 Å². The third kappa shape index (κ3) is 4.55. The van der Waals surface area contributed by atoms with Gasteiger partial charge in [-0.1, -0.05) is 146 Å². The van der Waals surface area contributed by atoms with E-state index in [1.165, 1.54) is 25.7 Å². The third-order valence-electron chi connectivity index (χ3n) is 10.9. The zero-order chi connectivity index (χ0) is 36.0. The lowest BCUT2D eigenvalue weighted by atomic mass is 9.99. The molecule has 256 valence electrons.